The lowest BCUT2D eigenvalue weighted by Gasteiger charge is -2.08. The molecule has 0 radical (unpaired) electrons. The van der Waals surface area contributed by atoms with Crippen LogP contribution in [0.15, 0.2) is 18.3 Å². The van der Waals surface area contributed by atoms with Crippen LogP contribution in [-0.4, -0.2) is 27.1 Å². The zero-order valence-corrected chi connectivity index (χ0v) is 14.0. The zero-order valence-electron chi connectivity index (χ0n) is 14.0. The highest BCUT2D eigenvalue weighted by atomic mass is 19.1. The third-order valence-corrected chi connectivity index (χ3v) is 4.68. The van der Waals surface area contributed by atoms with E-state index in [0.717, 1.165) is 12.6 Å². The van der Waals surface area contributed by atoms with Gasteiger partial charge >= 0.3 is 0 Å². The monoisotopic (exact) mass is 350 g/mol. The number of benzene rings is 1. The molecule has 5 nitrogen and oxygen atoms in total. The molecule has 1 aliphatic carbocycles. The van der Waals surface area contributed by atoms with E-state index in [0.29, 0.717) is 22.8 Å². The first-order valence-corrected chi connectivity index (χ1v) is 8.24. The second-order valence-electron chi connectivity index (χ2n) is 6.60. The number of carbonyl (C=O) groups excluding carboxylic acids is 1. The summed E-state index contributed by atoms with van der Waals surface area (Å²) >= 11 is 0. The van der Waals surface area contributed by atoms with Gasteiger partial charge in [0.25, 0.3) is 0 Å². The molecule has 1 aliphatic rings. The summed E-state index contributed by atoms with van der Waals surface area (Å²) in [5, 5.41) is 8.20. The number of nitrogens with one attached hydrogen (secondary N) is 2. The molecule has 2 heterocycles. The Hall–Kier alpha value is -2.70. The Morgan fingerprint density at radius 1 is 1.44 bits per heavy atom. The zero-order chi connectivity index (χ0) is 17.7. The van der Waals surface area contributed by atoms with Crippen LogP contribution in [0.1, 0.15) is 38.6 Å². The minimum Gasteiger partial charge on any atom is -0.369 e. The number of aromatic amines is 1. The first-order chi connectivity index (χ1) is 12.0. The molecule has 3 aromatic rings. The number of nitrogens with zero attached hydrogens (tertiary/aromatic N) is 2. The first kappa shape index (κ1) is 15.8. The quantitative estimate of drug-likeness (QED) is 0.675. The normalized spacial score (nSPS) is 14.2. The number of halogens is 2. The molecule has 0 amide bonds. The average molecular weight is 350 g/mol. The van der Waals surface area contributed by atoms with Crippen LogP contribution in [0.5, 0.6) is 0 Å². The van der Waals surface area contributed by atoms with Crippen molar-refractivity contribution in [1.29, 1.82) is 0 Å². The number of aryl methyl sites for hydroxylation is 2. The molecule has 0 saturated heterocycles. The van der Waals surface area contributed by atoms with Crippen molar-refractivity contribution < 1.29 is 17.9 Å². The molecule has 1 aromatic carbocycles. The van der Waals surface area contributed by atoms with Gasteiger partial charge in [0.1, 0.15) is 17.5 Å². The Labute approximate surface area is 147 Å². The number of H-pyrrole nitrogens is 1. The lowest BCUT2D eigenvalue weighted by molar-refractivity contribution is 0.103. The van der Waals surface area contributed by atoms with E-state index in [4.69, 9.17) is 0 Å². The molecule has 2 aromatic heterocycles. The molecular weight excluding hydrogens is 326 g/mol. The summed E-state index contributed by atoms with van der Waals surface area (Å²) in [6.45, 7) is 2.30. The van der Waals surface area contributed by atoms with E-state index in [1.54, 1.807) is 11.7 Å². The number of rotatable bonds is 5. The van der Waals surface area contributed by atoms with Crippen molar-refractivity contribution in [3.05, 3.63) is 46.7 Å². The van der Waals surface area contributed by atoms with Crippen LogP contribution in [0.4, 0.5) is 14.6 Å². The molecule has 0 unspecified atom stereocenters. The fourth-order valence-corrected chi connectivity index (χ4v) is 3.04. The van der Waals surface area contributed by atoms with E-state index in [-0.39, 0.29) is 15.4 Å². The topological polar surface area (TPSA) is 62.7 Å². The summed E-state index contributed by atoms with van der Waals surface area (Å²) in [5.41, 5.74) is 0.426. The smallest absolute Gasteiger partial charge is 0.201 e. The minimum atomic E-state index is -0.862. The summed E-state index contributed by atoms with van der Waals surface area (Å²) in [5.74, 6) is -1.06. The van der Waals surface area contributed by atoms with Gasteiger partial charge in [0.15, 0.2) is 5.65 Å². The maximum absolute atomic E-state index is 14.4. The van der Waals surface area contributed by atoms with Crippen LogP contribution in [0.3, 0.4) is 0 Å². The molecule has 1 saturated carbocycles. The van der Waals surface area contributed by atoms with E-state index in [2.05, 4.69) is 15.4 Å². The van der Waals surface area contributed by atoms with E-state index in [9.17, 15) is 13.6 Å². The summed E-state index contributed by atoms with van der Waals surface area (Å²) in [6.07, 6.45) is 3.84. The standard InChI is InChI=1S/C18H18F2N4O.3H2/c1-9-3-6-12(19)14(15(9)20)16(25)11-8-21-17-13(11)18(24(2)23-17)22-7-10-4-5-10;;;/h3,6,8,10,22H,4-5,7H2,1-2H3,(H,21,23);3*1H. The van der Waals surface area contributed by atoms with Gasteiger partial charge in [-0.2, -0.15) is 5.10 Å². The number of fused-ring (bicyclic) bond motifs is 1. The number of ketones is 1. The van der Waals surface area contributed by atoms with Crippen LogP contribution in [-0.2, 0) is 7.05 Å². The summed E-state index contributed by atoms with van der Waals surface area (Å²) in [6, 6.07) is 2.44. The van der Waals surface area contributed by atoms with Gasteiger partial charge in [0.2, 0.25) is 5.78 Å². The molecule has 1 fully saturated rings. The molecule has 0 atom stereocenters. The van der Waals surface area contributed by atoms with E-state index in [1.807, 2.05) is 0 Å². The maximum Gasteiger partial charge on any atom is 0.201 e. The molecule has 136 valence electrons. The highest BCUT2D eigenvalue weighted by Gasteiger charge is 2.27. The molecule has 0 aliphatic heterocycles. The molecule has 0 spiro atoms. The van der Waals surface area contributed by atoms with Gasteiger partial charge in [-0.05, 0) is 37.3 Å². The third-order valence-electron chi connectivity index (χ3n) is 4.68. The number of hydrogen-bond donors (Lipinski definition) is 2. The molecule has 7 heteroatoms. The second kappa shape index (κ2) is 5.68. The van der Waals surface area contributed by atoms with Gasteiger partial charge in [-0.15, -0.1) is 0 Å². The van der Waals surface area contributed by atoms with Crippen LogP contribution >= 0.6 is 0 Å². The van der Waals surface area contributed by atoms with Gasteiger partial charge < -0.3 is 10.3 Å². The highest BCUT2D eigenvalue weighted by molar-refractivity contribution is 6.18. The van der Waals surface area contributed by atoms with Crippen molar-refractivity contribution in [1.82, 2.24) is 14.8 Å². The van der Waals surface area contributed by atoms with Crippen LogP contribution in [0.25, 0.3) is 11.0 Å². The summed E-state index contributed by atoms with van der Waals surface area (Å²) in [4.78, 5) is 15.8. The van der Waals surface area contributed by atoms with Crippen molar-refractivity contribution in [2.75, 3.05) is 11.9 Å². The number of carbonyl (C=O) groups is 1. The van der Waals surface area contributed by atoms with Crippen LogP contribution < -0.4 is 5.32 Å². The first-order valence-electron chi connectivity index (χ1n) is 8.24. The SMILES string of the molecule is Cc1ccc(F)c(C(=O)c2c[nH]c3nn(C)c(NCC4CC4)c23)c1F.[HH].[HH].[HH]. The van der Waals surface area contributed by atoms with Crippen LogP contribution in [0.2, 0.25) is 0 Å². The fraction of sp³-hybridized carbons (Fsp3) is 0.333. The van der Waals surface area contributed by atoms with Gasteiger partial charge in [0, 0.05) is 24.1 Å². The van der Waals surface area contributed by atoms with Gasteiger partial charge in [-0.25, -0.2) is 8.78 Å². The van der Waals surface area contributed by atoms with Crippen molar-refractivity contribution in [2.24, 2.45) is 13.0 Å². The largest absolute Gasteiger partial charge is 0.369 e. The second-order valence-corrected chi connectivity index (χ2v) is 6.60. The highest BCUT2D eigenvalue weighted by Crippen LogP contribution is 2.33. The third kappa shape index (κ3) is 2.59. The minimum absolute atomic E-state index is 0. The number of aromatic nitrogens is 3. The Morgan fingerprint density at radius 2 is 2.20 bits per heavy atom. The van der Waals surface area contributed by atoms with E-state index in [1.165, 1.54) is 32.0 Å². The average Bonchev–Trinajstić information content (AvgIpc) is 3.23. The van der Waals surface area contributed by atoms with Gasteiger partial charge in [0.05, 0.1) is 16.5 Å². The fourth-order valence-electron chi connectivity index (χ4n) is 3.04. The summed E-state index contributed by atoms with van der Waals surface area (Å²) in [7, 11) is 1.77. The number of anilines is 1. The lowest BCUT2D eigenvalue weighted by atomic mass is 10.0. The predicted octanol–water partition coefficient (Wildman–Crippen LogP) is 4.28. The molecule has 4 rings (SSSR count). The van der Waals surface area contributed by atoms with Crippen LogP contribution in [0, 0.1) is 24.5 Å². The summed E-state index contributed by atoms with van der Waals surface area (Å²) < 4.78 is 30.1. The Bertz CT molecular complexity index is 999. The molecule has 2 N–H and O–H groups in total. The molecule has 0 bridgehead atoms. The van der Waals surface area contributed by atoms with Crippen molar-refractivity contribution in [2.45, 2.75) is 19.8 Å². The van der Waals surface area contributed by atoms with E-state index >= 15 is 0 Å². The van der Waals surface area contributed by atoms with Crippen molar-refractivity contribution in [3.63, 3.8) is 0 Å². The van der Waals surface area contributed by atoms with Crippen molar-refractivity contribution in [3.8, 4) is 0 Å². The van der Waals surface area contributed by atoms with Gasteiger partial charge in [-0.1, -0.05) is 6.07 Å². The maximum atomic E-state index is 14.4. The molecule has 25 heavy (non-hydrogen) atoms. The Balaban J connectivity index is 0.00000131. The lowest BCUT2D eigenvalue weighted by Crippen LogP contribution is -2.11. The van der Waals surface area contributed by atoms with E-state index < -0.39 is 23.0 Å². The predicted molar refractivity (Wildman–Crippen MR) is 97.1 cm³/mol. The number of hydrogen-bond acceptors (Lipinski definition) is 3. The van der Waals surface area contributed by atoms with Crippen molar-refractivity contribution >= 4 is 22.6 Å². The molecular formula is C18H24F2N4O. The Kier molecular flexibility index (Phi) is 3.59. The Morgan fingerprint density at radius 3 is 2.92 bits per heavy atom. The van der Waals surface area contributed by atoms with Gasteiger partial charge in [-0.3, -0.25) is 9.48 Å².